The van der Waals surface area contributed by atoms with Crippen LogP contribution in [0.4, 0.5) is 5.69 Å². The van der Waals surface area contributed by atoms with E-state index in [0.717, 1.165) is 4.47 Å². The van der Waals surface area contributed by atoms with Crippen molar-refractivity contribution in [1.29, 1.82) is 0 Å². The van der Waals surface area contributed by atoms with E-state index in [9.17, 15) is 4.79 Å². The van der Waals surface area contributed by atoms with Crippen molar-refractivity contribution in [3.05, 3.63) is 16.6 Å². The zero-order valence-corrected chi connectivity index (χ0v) is 12.7. The number of carbonyl (C=O) groups is 1. The molecule has 0 radical (unpaired) electrons. The Morgan fingerprint density at radius 3 is 2.75 bits per heavy atom. The summed E-state index contributed by atoms with van der Waals surface area (Å²) in [6, 6.07) is 3.64. The minimum atomic E-state index is -0.0798. The minimum absolute atomic E-state index is 0.0448. The van der Waals surface area contributed by atoms with Crippen LogP contribution < -0.4 is 14.5 Å². The molecule has 0 saturated carbocycles. The van der Waals surface area contributed by atoms with Crippen LogP contribution >= 0.6 is 15.9 Å². The molecule has 1 saturated heterocycles. The first kappa shape index (κ1) is 13.7. The molecule has 3 rings (SSSR count). The van der Waals surface area contributed by atoms with E-state index in [4.69, 9.17) is 14.2 Å². The summed E-state index contributed by atoms with van der Waals surface area (Å²) in [5.41, 5.74) is 0.711. The first-order valence-corrected chi connectivity index (χ1v) is 7.16. The Balaban J connectivity index is 2.01. The van der Waals surface area contributed by atoms with Crippen molar-refractivity contribution >= 4 is 27.5 Å². The van der Waals surface area contributed by atoms with Crippen LogP contribution in [0.15, 0.2) is 16.6 Å². The second-order valence-electron chi connectivity index (χ2n) is 4.51. The van der Waals surface area contributed by atoms with Crippen molar-refractivity contribution < 1.29 is 19.0 Å². The molecule has 2 aliphatic rings. The highest BCUT2D eigenvalue weighted by molar-refractivity contribution is 9.10. The summed E-state index contributed by atoms with van der Waals surface area (Å²) in [5, 5.41) is 3.66. The molecule has 1 amide bonds. The lowest BCUT2D eigenvalue weighted by Gasteiger charge is -2.39. The molecule has 0 N–H and O–H groups in total. The first-order valence-electron chi connectivity index (χ1n) is 6.36. The van der Waals surface area contributed by atoms with Gasteiger partial charge in [-0.3, -0.25) is 4.79 Å². The number of nitrogens with zero attached hydrogens (tertiary/aromatic N) is 2. The van der Waals surface area contributed by atoms with Crippen LogP contribution in [-0.2, 0) is 9.53 Å². The Morgan fingerprint density at radius 1 is 1.30 bits per heavy atom. The lowest BCUT2D eigenvalue weighted by atomic mass is 10.2. The van der Waals surface area contributed by atoms with Crippen molar-refractivity contribution in [3.63, 3.8) is 0 Å². The van der Waals surface area contributed by atoms with Gasteiger partial charge in [0.2, 0.25) is 0 Å². The molecule has 108 valence electrons. The molecule has 2 heterocycles. The highest BCUT2D eigenvalue weighted by Crippen LogP contribution is 2.40. The van der Waals surface area contributed by atoms with E-state index in [-0.39, 0.29) is 12.5 Å². The van der Waals surface area contributed by atoms with Crippen LogP contribution in [-0.4, -0.2) is 50.9 Å². The van der Waals surface area contributed by atoms with Gasteiger partial charge in [-0.2, -0.15) is 0 Å². The number of hydrogen-bond donors (Lipinski definition) is 0. The number of carbonyl (C=O) groups excluding carboxylic acids is 1. The van der Waals surface area contributed by atoms with Crippen LogP contribution in [0.1, 0.15) is 0 Å². The number of rotatable bonds is 2. The maximum Gasteiger partial charge on any atom is 0.279 e. The van der Waals surface area contributed by atoms with Crippen LogP contribution in [0.2, 0.25) is 0 Å². The van der Waals surface area contributed by atoms with Crippen molar-refractivity contribution in [2.45, 2.75) is 0 Å². The highest BCUT2D eigenvalue weighted by atomic mass is 79.9. The Morgan fingerprint density at radius 2 is 2.05 bits per heavy atom. The Bertz CT molecular complexity index is 531. The van der Waals surface area contributed by atoms with E-state index < -0.39 is 0 Å². The third-order valence-corrected chi connectivity index (χ3v) is 3.94. The van der Waals surface area contributed by atoms with Crippen LogP contribution in [0.25, 0.3) is 0 Å². The molecule has 7 heteroatoms. The third-order valence-electron chi connectivity index (χ3n) is 3.32. The van der Waals surface area contributed by atoms with Gasteiger partial charge in [0.1, 0.15) is 17.2 Å². The molecule has 1 fully saturated rings. The molecule has 0 aromatic heterocycles. The summed E-state index contributed by atoms with van der Waals surface area (Å²) in [5.74, 6) is 1.26. The second-order valence-corrected chi connectivity index (χ2v) is 5.37. The number of benzene rings is 1. The van der Waals surface area contributed by atoms with Gasteiger partial charge in [-0.05, 0) is 15.9 Å². The fourth-order valence-corrected chi connectivity index (χ4v) is 2.85. The predicted octanol–water partition coefficient (Wildman–Crippen LogP) is 1.43. The Kier molecular flexibility index (Phi) is 3.82. The van der Waals surface area contributed by atoms with Crippen molar-refractivity contribution in [1.82, 2.24) is 5.01 Å². The molecular formula is C13H15BrN2O4. The second kappa shape index (κ2) is 5.59. The molecular weight excluding hydrogens is 328 g/mol. The third kappa shape index (κ3) is 2.36. The van der Waals surface area contributed by atoms with Gasteiger partial charge in [0.05, 0.1) is 24.8 Å². The summed E-state index contributed by atoms with van der Waals surface area (Å²) in [6.07, 6.45) is 0. The van der Waals surface area contributed by atoms with Crippen LogP contribution in [0.3, 0.4) is 0 Å². The van der Waals surface area contributed by atoms with E-state index in [1.807, 2.05) is 17.1 Å². The molecule has 1 aromatic rings. The number of fused-ring (bicyclic) bond motifs is 1. The average molecular weight is 343 g/mol. The van der Waals surface area contributed by atoms with Gasteiger partial charge in [0, 0.05) is 25.2 Å². The number of morpholine rings is 1. The molecule has 0 spiro atoms. The monoisotopic (exact) mass is 342 g/mol. The summed E-state index contributed by atoms with van der Waals surface area (Å²) in [4.78, 5) is 12.2. The van der Waals surface area contributed by atoms with Gasteiger partial charge in [-0.1, -0.05) is 0 Å². The quantitative estimate of drug-likeness (QED) is 0.813. The molecule has 2 aliphatic heterocycles. The molecule has 6 nitrogen and oxygen atoms in total. The number of amides is 1. The predicted molar refractivity (Wildman–Crippen MR) is 76.1 cm³/mol. The van der Waals surface area contributed by atoms with Gasteiger partial charge in [-0.25, -0.2) is 10.0 Å². The van der Waals surface area contributed by atoms with Gasteiger partial charge >= 0.3 is 0 Å². The minimum Gasteiger partial charge on any atom is -0.495 e. The van der Waals surface area contributed by atoms with Gasteiger partial charge in [0.25, 0.3) is 5.91 Å². The van der Waals surface area contributed by atoms with Crippen LogP contribution in [0, 0.1) is 0 Å². The first-order chi connectivity index (χ1) is 9.70. The van der Waals surface area contributed by atoms with Crippen LogP contribution in [0.5, 0.6) is 11.5 Å². The van der Waals surface area contributed by atoms with Gasteiger partial charge < -0.3 is 14.2 Å². The van der Waals surface area contributed by atoms with E-state index in [1.165, 1.54) is 0 Å². The number of hydrazine groups is 1. The zero-order valence-electron chi connectivity index (χ0n) is 11.1. The van der Waals surface area contributed by atoms with Gasteiger partial charge in [0.15, 0.2) is 6.61 Å². The number of methoxy groups -OCH3 is 1. The standard InChI is InChI=1S/C13H15BrN2O4/c1-18-11-7-10-12(6-9(11)14)20-8-13(17)16(10)15-2-4-19-5-3-15/h6-7H,2-5,8H2,1H3. The molecule has 0 unspecified atom stereocenters. The Labute approximate surface area is 125 Å². The van der Waals surface area contributed by atoms with Crippen molar-refractivity contribution in [3.8, 4) is 11.5 Å². The number of halogens is 1. The summed E-state index contributed by atoms with van der Waals surface area (Å²) < 4.78 is 16.9. The SMILES string of the molecule is COc1cc2c(cc1Br)OCC(=O)N2N1CCOCC1. The lowest BCUT2D eigenvalue weighted by molar-refractivity contribution is -0.126. The van der Waals surface area contributed by atoms with E-state index >= 15 is 0 Å². The van der Waals surface area contributed by atoms with Crippen molar-refractivity contribution in [2.24, 2.45) is 0 Å². The summed E-state index contributed by atoms with van der Waals surface area (Å²) >= 11 is 3.42. The fourth-order valence-electron chi connectivity index (χ4n) is 2.36. The number of hydrogen-bond acceptors (Lipinski definition) is 5. The van der Waals surface area contributed by atoms with Crippen molar-refractivity contribution in [2.75, 3.05) is 45.0 Å². The molecule has 20 heavy (non-hydrogen) atoms. The van der Waals surface area contributed by atoms with E-state index in [2.05, 4.69) is 15.9 Å². The Hall–Kier alpha value is -1.31. The maximum absolute atomic E-state index is 12.2. The molecule has 1 aromatic carbocycles. The van der Waals surface area contributed by atoms with E-state index in [0.29, 0.717) is 43.5 Å². The lowest BCUT2D eigenvalue weighted by Crippen LogP contribution is -2.54. The maximum atomic E-state index is 12.2. The summed E-state index contributed by atoms with van der Waals surface area (Å²) in [6.45, 7) is 2.65. The molecule has 0 aliphatic carbocycles. The average Bonchev–Trinajstić information content (AvgIpc) is 2.48. The largest absolute Gasteiger partial charge is 0.495 e. The number of anilines is 1. The molecule has 0 atom stereocenters. The van der Waals surface area contributed by atoms with Gasteiger partial charge in [-0.15, -0.1) is 0 Å². The zero-order chi connectivity index (χ0) is 14.1. The van der Waals surface area contributed by atoms with E-state index in [1.54, 1.807) is 12.1 Å². The fraction of sp³-hybridized carbons (Fsp3) is 0.462. The number of ether oxygens (including phenoxy) is 3. The normalized spacial score (nSPS) is 19.5. The summed E-state index contributed by atoms with van der Waals surface area (Å²) in [7, 11) is 1.59. The molecule has 0 bridgehead atoms. The smallest absolute Gasteiger partial charge is 0.279 e. The topological polar surface area (TPSA) is 51.2 Å². The highest BCUT2D eigenvalue weighted by Gasteiger charge is 2.32.